The number of likely N-dealkylation sites (N-methyl/N-ethyl adjacent to an activating group) is 1. The van der Waals surface area contributed by atoms with Crippen molar-refractivity contribution in [3.05, 3.63) is 4.88 Å². The number of hydrogen-bond donors (Lipinski definition) is 3. The van der Waals surface area contributed by atoms with Crippen molar-refractivity contribution in [2.45, 2.75) is 45.8 Å². The van der Waals surface area contributed by atoms with Crippen molar-refractivity contribution >= 4 is 28.2 Å². The van der Waals surface area contributed by atoms with Gasteiger partial charge in [0.15, 0.2) is 5.13 Å². The summed E-state index contributed by atoms with van der Waals surface area (Å²) in [7, 11) is 1.64. The van der Waals surface area contributed by atoms with Crippen LogP contribution in [-0.2, 0) is 0 Å². The van der Waals surface area contributed by atoms with Crippen LogP contribution in [0.1, 0.15) is 44.3 Å². The Balaban J connectivity index is 2.89. The van der Waals surface area contributed by atoms with Gasteiger partial charge < -0.3 is 21.1 Å². The van der Waals surface area contributed by atoms with Crippen molar-refractivity contribution in [1.29, 1.82) is 0 Å². The van der Waals surface area contributed by atoms with Gasteiger partial charge in [0.1, 0.15) is 10.7 Å². The lowest BCUT2D eigenvalue weighted by atomic mass is 10.1. The fourth-order valence-electron chi connectivity index (χ4n) is 1.68. The highest BCUT2D eigenvalue weighted by atomic mass is 32.1. The van der Waals surface area contributed by atoms with Gasteiger partial charge in [-0.3, -0.25) is 4.79 Å². The van der Waals surface area contributed by atoms with Crippen molar-refractivity contribution in [3.63, 3.8) is 0 Å². The highest BCUT2D eigenvalue weighted by Gasteiger charge is 2.25. The Labute approximate surface area is 124 Å². The summed E-state index contributed by atoms with van der Waals surface area (Å²) < 4.78 is 0. The van der Waals surface area contributed by atoms with E-state index in [0.29, 0.717) is 10.0 Å². The fraction of sp³-hybridized carbons (Fsp3) is 0.692. The molecule has 0 saturated carbocycles. The van der Waals surface area contributed by atoms with Crippen molar-refractivity contribution in [1.82, 2.24) is 9.88 Å². The predicted octanol–water partition coefficient (Wildman–Crippen LogP) is 1.78. The molecule has 6 nitrogen and oxygen atoms in total. The zero-order valence-corrected chi connectivity index (χ0v) is 13.8. The Morgan fingerprint density at radius 1 is 1.40 bits per heavy atom. The molecule has 0 aromatic carbocycles. The first-order chi connectivity index (χ1) is 8.89. The number of aliphatic hydroxyl groups is 1. The normalized spacial score (nSPS) is 12.3. The molecule has 7 heteroatoms. The fourth-order valence-corrected chi connectivity index (χ4v) is 2.77. The van der Waals surface area contributed by atoms with E-state index in [1.54, 1.807) is 20.9 Å². The number of nitrogens with one attached hydrogen (secondary N) is 1. The van der Waals surface area contributed by atoms with Crippen LogP contribution in [0.5, 0.6) is 0 Å². The summed E-state index contributed by atoms with van der Waals surface area (Å²) in [4.78, 5) is 18.3. The highest BCUT2D eigenvalue weighted by Crippen LogP contribution is 2.28. The molecule has 1 aromatic heterocycles. The lowest BCUT2D eigenvalue weighted by Crippen LogP contribution is -2.39. The summed E-state index contributed by atoms with van der Waals surface area (Å²) >= 11 is 1.23. The Kier molecular flexibility index (Phi) is 4.66. The summed E-state index contributed by atoms with van der Waals surface area (Å²) in [5.74, 6) is -0.0153. The monoisotopic (exact) mass is 300 g/mol. The minimum absolute atomic E-state index is 0.149. The average Bonchev–Trinajstić information content (AvgIpc) is 2.52. The van der Waals surface area contributed by atoms with E-state index in [1.807, 2.05) is 20.8 Å². The van der Waals surface area contributed by atoms with Gasteiger partial charge >= 0.3 is 0 Å². The first kappa shape index (κ1) is 16.7. The number of aromatic nitrogens is 1. The van der Waals surface area contributed by atoms with Gasteiger partial charge in [-0.05, 0) is 34.6 Å². The van der Waals surface area contributed by atoms with Gasteiger partial charge in [0.2, 0.25) is 0 Å². The molecule has 0 unspecified atom stereocenters. The van der Waals surface area contributed by atoms with Crippen molar-refractivity contribution < 1.29 is 9.90 Å². The summed E-state index contributed by atoms with van der Waals surface area (Å²) in [6.07, 6.45) is 0. The molecule has 4 N–H and O–H groups in total. The maximum atomic E-state index is 12.3. The molecule has 0 saturated heterocycles. The Bertz CT molecular complexity index is 486. The number of thiazole rings is 1. The van der Waals surface area contributed by atoms with E-state index in [4.69, 9.17) is 5.73 Å². The third-order valence-corrected chi connectivity index (χ3v) is 3.27. The van der Waals surface area contributed by atoms with E-state index in [-0.39, 0.29) is 23.8 Å². The van der Waals surface area contributed by atoms with E-state index in [9.17, 15) is 9.90 Å². The summed E-state index contributed by atoms with van der Waals surface area (Å²) in [6, 6.07) is 0. The Hall–Kier alpha value is -1.34. The third kappa shape index (κ3) is 4.97. The van der Waals surface area contributed by atoms with Crippen LogP contribution in [0.15, 0.2) is 0 Å². The largest absolute Gasteiger partial charge is 0.389 e. The molecule has 1 amide bonds. The minimum Gasteiger partial charge on any atom is -0.389 e. The summed E-state index contributed by atoms with van der Waals surface area (Å²) in [6.45, 7) is 9.55. The minimum atomic E-state index is -0.948. The Morgan fingerprint density at radius 3 is 2.40 bits per heavy atom. The first-order valence-corrected chi connectivity index (χ1v) is 7.23. The standard InChI is InChI=1S/C13H24N4O2S/c1-12(2,3)16-11-15-9(14)8(20-11)10(18)17(6)7-13(4,5)19/h19H,7,14H2,1-6H3,(H,15,16). The number of rotatable bonds is 4. The molecule has 0 aliphatic rings. The topological polar surface area (TPSA) is 91.5 Å². The van der Waals surface area contributed by atoms with E-state index in [0.717, 1.165) is 0 Å². The lowest BCUT2D eigenvalue weighted by Gasteiger charge is -2.25. The number of hydrogen-bond acceptors (Lipinski definition) is 6. The molecule has 0 aliphatic carbocycles. The number of carbonyl (C=O) groups is 1. The van der Waals surface area contributed by atoms with Gasteiger partial charge in [-0.25, -0.2) is 4.98 Å². The maximum Gasteiger partial charge on any atom is 0.267 e. The quantitative estimate of drug-likeness (QED) is 0.788. The molecular weight excluding hydrogens is 276 g/mol. The number of carbonyl (C=O) groups excluding carboxylic acids is 1. The second-order valence-corrected chi connectivity index (χ2v) is 7.58. The molecule has 0 aliphatic heterocycles. The second kappa shape index (κ2) is 5.57. The second-order valence-electron chi connectivity index (χ2n) is 6.58. The van der Waals surface area contributed by atoms with Crippen molar-refractivity contribution in [3.8, 4) is 0 Å². The van der Waals surface area contributed by atoms with Gasteiger partial charge in [-0.2, -0.15) is 0 Å². The number of amides is 1. The van der Waals surface area contributed by atoms with Crippen LogP contribution in [0.25, 0.3) is 0 Å². The van der Waals surface area contributed by atoms with Crippen LogP contribution in [0, 0.1) is 0 Å². The molecule has 1 rings (SSSR count). The van der Waals surface area contributed by atoms with Gasteiger partial charge in [0, 0.05) is 19.1 Å². The molecule has 0 bridgehead atoms. The number of nitrogens with zero attached hydrogens (tertiary/aromatic N) is 2. The molecule has 20 heavy (non-hydrogen) atoms. The molecule has 0 radical (unpaired) electrons. The lowest BCUT2D eigenvalue weighted by molar-refractivity contribution is 0.0371. The van der Waals surface area contributed by atoms with Gasteiger partial charge in [0.05, 0.1) is 5.60 Å². The predicted molar refractivity (Wildman–Crippen MR) is 83.2 cm³/mol. The molecule has 1 aromatic rings. The summed E-state index contributed by atoms with van der Waals surface area (Å²) in [5, 5.41) is 13.6. The smallest absolute Gasteiger partial charge is 0.267 e. The zero-order chi connectivity index (χ0) is 15.7. The molecule has 1 heterocycles. The third-order valence-electron chi connectivity index (χ3n) is 2.30. The van der Waals surface area contributed by atoms with Gasteiger partial charge in [-0.1, -0.05) is 11.3 Å². The van der Waals surface area contributed by atoms with E-state index in [1.165, 1.54) is 16.2 Å². The molecule has 114 valence electrons. The highest BCUT2D eigenvalue weighted by molar-refractivity contribution is 7.18. The van der Waals surface area contributed by atoms with E-state index >= 15 is 0 Å². The first-order valence-electron chi connectivity index (χ1n) is 6.41. The average molecular weight is 300 g/mol. The number of nitrogen functional groups attached to an aromatic ring is 1. The molecule has 0 fully saturated rings. The Morgan fingerprint density at radius 2 is 1.95 bits per heavy atom. The SMILES string of the molecule is CN(CC(C)(C)O)C(=O)c1sc(NC(C)(C)C)nc1N. The van der Waals surface area contributed by atoms with Crippen LogP contribution < -0.4 is 11.1 Å². The number of anilines is 2. The zero-order valence-electron chi connectivity index (χ0n) is 12.9. The van der Waals surface area contributed by atoms with Crippen LogP contribution in [0.3, 0.4) is 0 Å². The summed E-state index contributed by atoms with van der Waals surface area (Å²) in [5.41, 5.74) is 4.71. The van der Waals surface area contributed by atoms with Gasteiger partial charge in [-0.15, -0.1) is 0 Å². The van der Waals surface area contributed by atoms with Crippen molar-refractivity contribution in [2.75, 3.05) is 24.6 Å². The van der Waals surface area contributed by atoms with Crippen LogP contribution in [-0.4, -0.2) is 45.6 Å². The maximum absolute atomic E-state index is 12.3. The van der Waals surface area contributed by atoms with Gasteiger partial charge in [0.25, 0.3) is 5.91 Å². The molecular formula is C13H24N4O2S. The van der Waals surface area contributed by atoms with Crippen LogP contribution in [0.2, 0.25) is 0 Å². The van der Waals surface area contributed by atoms with Crippen molar-refractivity contribution in [2.24, 2.45) is 0 Å². The van der Waals surface area contributed by atoms with E-state index < -0.39 is 5.60 Å². The van der Waals surface area contributed by atoms with Crippen LogP contribution >= 0.6 is 11.3 Å². The van der Waals surface area contributed by atoms with E-state index in [2.05, 4.69) is 10.3 Å². The molecule has 0 spiro atoms. The number of nitrogens with two attached hydrogens (primary N) is 1. The molecule has 0 atom stereocenters. The van der Waals surface area contributed by atoms with Crippen LogP contribution in [0.4, 0.5) is 10.9 Å².